The first kappa shape index (κ1) is 21.9. The van der Waals surface area contributed by atoms with Gasteiger partial charge in [-0.25, -0.2) is 8.42 Å². The summed E-state index contributed by atoms with van der Waals surface area (Å²) in [5, 5.41) is 3.22. The van der Waals surface area contributed by atoms with Gasteiger partial charge >= 0.3 is 0 Å². The van der Waals surface area contributed by atoms with Gasteiger partial charge in [0.15, 0.2) is 0 Å². The SMILES string of the molecule is CCOc1ccc(Cl)cc1S(=O)(=O)N1CCC(C(=O)NCCCOC)CC1. The molecule has 1 aromatic rings. The molecule has 1 N–H and O–H groups in total. The molecule has 0 atom stereocenters. The number of amides is 1. The number of carbonyl (C=O) groups is 1. The number of sulfonamides is 1. The summed E-state index contributed by atoms with van der Waals surface area (Å²) >= 11 is 6.00. The number of methoxy groups -OCH3 is 1. The normalized spacial score (nSPS) is 16.3. The lowest BCUT2D eigenvalue weighted by molar-refractivity contribution is -0.126. The van der Waals surface area contributed by atoms with Gasteiger partial charge in [-0.2, -0.15) is 4.31 Å². The number of nitrogens with zero attached hydrogens (tertiary/aromatic N) is 1. The van der Waals surface area contributed by atoms with Crippen LogP contribution in [0.15, 0.2) is 23.1 Å². The molecular weight excluding hydrogens is 392 g/mol. The summed E-state index contributed by atoms with van der Waals surface area (Å²) in [4.78, 5) is 12.3. The van der Waals surface area contributed by atoms with E-state index in [0.717, 1.165) is 6.42 Å². The monoisotopic (exact) mass is 418 g/mol. The molecule has 1 aliphatic rings. The molecule has 0 spiro atoms. The van der Waals surface area contributed by atoms with Gasteiger partial charge in [-0.1, -0.05) is 11.6 Å². The van der Waals surface area contributed by atoms with Crippen LogP contribution in [0.3, 0.4) is 0 Å². The lowest BCUT2D eigenvalue weighted by atomic mass is 9.97. The summed E-state index contributed by atoms with van der Waals surface area (Å²) in [6.45, 7) is 3.88. The number of piperidine rings is 1. The first-order chi connectivity index (χ1) is 12.9. The van der Waals surface area contributed by atoms with Crippen LogP contribution in [0, 0.1) is 5.92 Å². The number of benzene rings is 1. The molecule has 0 bridgehead atoms. The number of ether oxygens (including phenoxy) is 2. The van der Waals surface area contributed by atoms with Crippen molar-refractivity contribution < 1.29 is 22.7 Å². The van der Waals surface area contributed by atoms with Crippen LogP contribution in [0.1, 0.15) is 26.2 Å². The fraction of sp³-hybridized carbons (Fsp3) is 0.611. The molecule has 2 rings (SSSR count). The number of hydrogen-bond donors (Lipinski definition) is 1. The van der Waals surface area contributed by atoms with Crippen LogP contribution < -0.4 is 10.1 Å². The van der Waals surface area contributed by atoms with Crippen LogP contribution in [0.2, 0.25) is 5.02 Å². The summed E-state index contributed by atoms with van der Waals surface area (Å²) in [7, 11) is -2.12. The fourth-order valence-electron chi connectivity index (χ4n) is 3.03. The summed E-state index contributed by atoms with van der Waals surface area (Å²) in [6, 6.07) is 4.58. The average molecular weight is 419 g/mol. The van der Waals surface area contributed by atoms with E-state index in [-0.39, 0.29) is 29.8 Å². The van der Waals surface area contributed by atoms with Crippen molar-refractivity contribution in [2.75, 3.05) is 40.0 Å². The van der Waals surface area contributed by atoms with E-state index in [9.17, 15) is 13.2 Å². The molecule has 1 aromatic carbocycles. The minimum absolute atomic E-state index is 0.0269. The van der Waals surface area contributed by atoms with E-state index in [2.05, 4.69) is 5.32 Å². The van der Waals surface area contributed by atoms with Crippen LogP contribution in [0.4, 0.5) is 0 Å². The maximum Gasteiger partial charge on any atom is 0.246 e. The zero-order valence-electron chi connectivity index (χ0n) is 15.7. The van der Waals surface area contributed by atoms with Gasteiger partial charge in [0, 0.05) is 44.3 Å². The molecule has 1 fully saturated rings. The molecule has 1 amide bonds. The fourth-order valence-corrected chi connectivity index (χ4v) is 4.89. The molecule has 152 valence electrons. The van der Waals surface area contributed by atoms with Gasteiger partial charge in [0.1, 0.15) is 10.6 Å². The number of halogens is 1. The summed E-state index contributed by atoms with van der Waals surface area (Å²) in [5.74, 6) is 0.0885. The maximum absolute atomic E-state index is 13.0. The van der Waals surface area contributed by atoms with E-state index >= 15 is 0 Å². The minimum Gasteiger partial charge on any atom is -0.492 e. The Labute approximate surface area is 166 Å². The zero-order valence-corrected chi connectivity index (χ0v) is 17.3. The van der Waals surface area contributed by atoms with Crippen molar-refractivity contribution in [3.8, 4) is 5.75 Å². The van der Waals surface area contributed by atoms with Crippen LogP contribution in [-0.2, 0) is 19.6 Å². The van der Waals surface area contributed by atoms with Gasteiger partial charge in [-0.15, -0.1) is 0 Å². The maximum atomic E-state index is 13.0. The molecule has 0 saturated carbocycles. The number of carbonyl (C=O) groups excluding carboxylic acids is 1. The molecule has 0 radical (unpaired) electrons. The lowest BCUT2D eigenvalue weighted by Crippen LogP contribution is -2.43. The van der Waals surface area contributed by atoms with Crippen molar-refractivity contribution in [3.63, 3.8) is 0 Å². The molecular formula is C18H27ClN2O5S. The van der Waals surface area contributed by atoms with E-state index in [4.69, 9.17) is 21.1 Å². The van der Waals surface area contributed by atoms with Gasteiger partial charge in [0.25, 0.3) is 0 Å². The highest BCUT2D eigenvalue weighted by Crippen LogP contribution is 2.32. The quantitative estimate of drug-likeness (QED) is 0.622. The molecule has 0 aromatic heterocycles. The molecule has 1 aliphatic heterocycles. The van der Waals surface area contributed by atoms with Gasteiger partial charge in [-0.05, 0) is 44.4 Å². The van der Waals surface area contributed by atoms with Gasteiger partial charge < -0.3 is 14.8 Å². The van der Waals surface area contributed by atoms with Crippen molar-refractivity contribution >= 4 is 27.5 Å². The van der Waals surface area contributed by atoms with E-state index < -0.39 is 10.0 Å². The summed E-state index contributed by atoms with van der Waals surface area (Å²) < 4.78 is 37.9. The van der Waals surface area contributed by atoms with E-state index in [1.165, 1.54) is 10.4 Å². The Bertz CT molecular complexity index is 733. The highest BCUT2D eigenvalue weighted by Gasteiger charge is 2.33. The Morgan fingerprint density at radius 1 is 1.33 bits per heavy atom. The van der Waals surface area contributed by atoms with Gasteiger partial charge in [0.05, 0.1) is 6.61 Å². The Morgan fingerprint density at radius 3 is 2.67 bits per heavy atom. The second kappa shape index (κ2) is 10.3. The first-order valence-electron chi connectivity index (χ1n) is 9.09. The predicted molar refractivity (Wildman–Crippen MR) is 104 cm³/mol. The van der Waals surface area contributed by atoms with E-state index in [0.29, 0.717) is 43.4 Å². The second-order valence-electron chi connectivity index (χ2n) is 6.34. The van der Waals surface area contributed by atoms with E-state index in [1.54, 1.807) is 26.2 Å². The van der Waals surface area contributed by atoms with Crippen LogP contribution in [0.25, 0.3) is 0 Å². The smallest absolute Gasteiger partial charge is 0.246 e. The third-order valence-corrected chi connectivity index (χ3v) is 6.63. The first-order valence-corrected chi connectivity index (χ1v) is 10.9. The highest BCUT2D eigenvalue weighted by molar-refractivity contribution is 7.89. The Hall–Kier alpha value is -1.35. The average Bonchev–Trinajstić information content (AvgIpc) is 2.66. The predicted octanol–water partition coefficient (Wildman–Crippen LogP) is 2.29. The number of rotatable bonds is 9. The zero-order chi connectivity index (χ0) is 19.9. The standard InChI is InChI=1S/C18H27ClN2O5S/c1-3-26-16-6-5-15(19)13-17(16)27(23,24)21-10-7-14(8-11-21)18(22)20-9-4-12-25-2/h5-6,13-14H,3-4,7-12H2,1-2H3,(H,20,22). The second-order valence-corrected chi connectivity index (χ2v) is 8.68. The van der Waals surface area contributed by atoms with Crippen molar-refractivity contribution in [3.05, 3.63) is 23.2 Å². The van der Waals surface area contributed by atoms with Gasteiger partial charge in [-0.3, -0.25) is 4.79 Å². The lowest BCUT2D eigenvalue weighted by Gasteiger charge is -2.31. The molecule has 7 nitrogen and oxygen atoms in total. The molecule has 1 heterocycles. The van der Waals surface area contributed by atoms with Gasteiger partial charge in [0.2, 0.25) is 15.9 Å². The number of hydrogen-bond acceptors (Lipinski definition) is 5. The van der Waals surface area contributed by atoms with Crippen molar-refractivity contribution in [1.82, 2.24) is 9.62 Å². The third kappa shape index (κ3) is 5.81. The van der Waals surface area contributed by atoms with Crippen molar-refractivity contribution in [2.45, 2.75) is 31.1 Å². The van der Waals surface area contributed by atoms with Crippen LogP contribution in [-0.4, -0.2) is 58.6 Å². The summed E-state index contributed by atoms with van der Waals surface area (Å²) in [5.41, 5.74) is 0. The largest absolute Gasteiger partial charge is 0.492 e. The Morgan fingerprint density at radius 2 is 2.04 bits per heavy atom. The minimum atomic E-state index is -3.74. The molecule has 27 heavy (non-hydrogen) atoms. The Balaban J connectivity index is 2.00. The molecule has 1 saturated heterocycles. The third-order valence-electron chi connectivity index (χ3n) is 4.47. The Kier molecular flexibility index (Phi) is 8.34. The summed E-state index contributed by atoms with van der Waals surface area (Å²) in [6.07, 6.45) is 1.73. The molecule has 0 unspecified atom stereocenters. The van der Waals surface area contributed by atoms with E-state index in [1.807, 2.05) is 0 Å². The van der Waals surface area contributed by atoms with Crippen LogP contribution >= 0.6 is 11.6 Å². The van der Waals surface area contributed by atoms with Crippen molar-refractivity contribution in [2.24, 2.45) is 5.92 Å². The topological polar surface area (TPSA) is 84.9 Å². The molecule has 0 aliphatic carbocycles. The highest BCUT2D eigenvalue weighted by atomic mass is 35.5. The van der Waals surface area contributed by atoms with Crippen molar-refractivity contribution in [1.29, 1.82) is 0 Å². The number of nitrogens with one attached hydrogen (secondary N) is 1. The van der Waals surface area contributed by atoms with Crippen LogP contribution in [0.5, 0.6) is 5.75 Å². The molecule has 9 heteroatoms.